The number of nitrogens with zero attached hydrogens (tertiary/aromatic N) is 3. The molecule has 6 nitrogen and oxygen atoms in total. The van der Waals surface area contributed by atoms with E-state index >= 15 is 0 Å². The number of urea groups is 1. The van der Waals surface area contributed by atoms with Crippen molar-refractivity contribution >= 4 is 23.3 Å². The predicted octanol–water partition coefficient (Wildman–Crippen LogP) is 3.15. The summed E-state index contributed by atoms with van der Waals surface area (Å²) in [5, 5.41) is 7.16. The largest absolute Gasteiger partial charge is 0.339 e. The minimum atomic E-state index is 0.181. The van der Waals surface area contributed by atoms with Crippen LogP contribution in [0, 0.1) is 0 Å². The summed E-state index contributed by atoms with van der Waals surface area (Å²) in [7, 11) is 0. The molecule has 158 valence electrons. The molecule has 1 aromatic heterocycles. The summed E-state index contributed by atoms with van der Waals surface area (Å²) in [4.78, 5) is 32.0. The fourth-order valence-electron chi connectivity index (χ4n) is 5.96. The van der Waals surface area contributed by atoms with Crippen LogP contribution in [0.4, 0.5) is 4.79 Å². The molecule has 4 heterocycles. The number of carbonyl (C=O) groups excluding carboxylic acids is 2. The summed E-state index contributed by atoms with van der Waals surface area (Å²) < 4.78 is 0. The molecule has 7 heteroatoms. The highest BCUT2D eigenvalue weighted by molar-refractivity contribution is 7.08. The first kappa shape index (κ1) is 19.4. The van der Waals surface area contributed by atoms with Gasteiger partial charge in [0.1, 0.15) is 0 Å². The molecule has 0 aromatic carbocycles. The minimum absolute atomic E-state index is 0.181. The zero-order valence-electron chi connectivity index (χ0n) is 17.1. The second-order valence-corrected chi connectivity index (χ2v) is 9.90. The summed E-state index contributed by atoms with van der Waals surface area (Å²) in [5.41, 5.74) is 0.833. The van der Waals surface area contributed by atoms with Crippen molar-refractivity contribution in [1.29, 1.82) is 0 Å². The summed E-state index contributed by atoms with van der Waals surface area (Å²) in [6.45, 7) is 3.87. The molecule has 4 aliphatic rings. The number of carbonyl (C=O) groups is 2. The van der Waals surface area contributed by atoms with Gasteiger partial charge in [-0.1, -0.05) is 12.8 Å². The van der Waals surface area contributed by atoms with Gasteiger partial charge in [0.25, 0.3) is 5.91 Å². The van der Waals surface area contributed by atoms with E-state index in [0.29, 0.717) is 24.2 Å². The number of nitrogens with one attached hydrogen (secondary N) is 1. The normalized spacial score (nSPS) is 29.7. The van der Waals surface area contributed by atoms with E-state index in [-0.39, 0.29) is 11.9 Å². The van der Waals surface area contributed by atoms with E-state index < -0.39 is 0 Å². The molecule has 3 amide bonds. The van der Waals surface area contributed by atoms with Gasteiger partial charge in [0.15, 0.2) is 0 Å². The lowest BCUT2D eigenvalue weighted by Crippen LogP contribution is -2.53. The van der Waals surface area contributed by atoms with Gasteiger partial charge >= 0.3 is 6.03 Å². The first-order valence-corrected chi connectivity index (χ1v) is 12.3. The van der Waals surface area contributed by atoms with Crippen LogP contribution in [-0.4, -0.2) is 77.0 Å². The molecule has 4 fully saturated rings. The minimum Gasteiger partial charge on any atom is -0.339 e. The lowest BCUT2D eigenvalue weighted by atomic mass is 9.89. The molecule has 0 spiro atoms. The van der Waals surface area contributed by atoms with Crippen molar-refractivity contribution in [3.8, 4) is 0 Å². The van der Waals surface area contributed by atoms with E-state index in [1.165, 1.54) is 19.3 Å². The van der Waals surface area contributed by atoms with Crippen LogP contribution in [0.25, 0.3) is 0 Å². The standard InChI is InChI=1S/C22H32N4O2S/c27-21(16-9-14-29-15-16)25-12-5-17(6-13-25)24-10-7-18(8-11-24)26-20-4-2-1-3-19(20)23-22(26)28/h9,14-15,17-20H,1-8,10-13H2,(H,23,28)/t19-,20+/m1/s1. The van der Waals surface area contributed by atoms with Gasteiger partial charge in [0.05, 0.1) is 17.6 Å². The number of piperidine rings is 2. The van der Waals surface area contributed by atoms with Crippen LogP contribution in [0.2, 0.25) is 0 Å². The maximum atomic E-state index is 12.6. The van der Waals surface area contributed by atoms with Gasteiger partial charge in [0.2, 0.25) is 0 Å². The van der Waals surface area contributed by atoms with Crippen molar-refractivity contribution in [2.24, 2.45) is 0 Å². The van der Waals surface area contributed by atoms with E-state index in [1.807, 2.05) is 21.7 Å². The summed E-state index contributed by atoms with van der Waals surface area (Å²) >= 11 is 1.58. The number of amides is 3. The van der Waals surface area contributed by atoms with Gasteiger partial charge in [0, 0.05) is 43.6 Å². The number of likely N-dealkylation sites (tertiary alicyclic amines) is 2. The van der Waals surface area contributed by atoms with Gasteiger partial charge in [-0.3, -0.25) is 4.79 Å². The third-order valence-corrected chi connectivity index (χ3v) is 8.24. The molecule has 1 aliphatic carbocycles. The maximum absolute atomic E-state index is 12.6. The quantitative estimate of drug-likeness (QED) is 0.824. The Hall–Kier alpha value is -1.60. The van der Waals surface area contributed by atoms with Gasteiger partial charge < -0.3 is 20.0 Å². The fourth-order valence-corrected chi connectivity index (χ4v) is 6.59. The molecular weight excluding hydrogens is 384 g/mol. The Morgan fingerprint density at radius 1 is 0.966 bits per heavy atom. The van der Waals surface area contributed by atoms with Gasteiger partial charge in [-0.2, -0.15) is 11.3 Å². The highest BCUT2D eigenvalue weighted by atomic mass is 32.1. The van der Waals surface area contributed by atoms with Gasteiger partial charge in [-0.25, -0.2) is 4.79 Å². The van der Waals surface area contributed by atoms with E-state index in [4.69, 9.17) is 0 Å². The third kappa shape index (κ3) is 3.79. The van der Waals surface area contributed by atoms with Crippen LogP contribution in [0.3, 0.4) is 0 Å². The summed E-state index contributed by atoms with van der Waals surface area (Å²) in [6.07, 6.45) is 9.13. The molecule has 1 N–H and O–H groups in total. The third-order valence-electron chi connectivity index (χ3n) is 7.56. The second-order valence-electron chi connectivity index (χ2n) is 9.12. The van der Waals surface area contributed by atoms with Crippen LogP contribution in [0.1, 0.15) is 61.7 Å². The molecule has 0 unspecified atom stereocenters. The Labute approximate surface area is 177 Å². The average molecular weight is 417 g/mol. The first-order chi connectivity index (χ1) is 14.2. The fraction of sp³-hybridized carbons (Fsp3) is 0.727. The summed E-state index contributed by atoms with van der Waals surface area (Å²) in [5.74, 6) is 0.186. The van der Waals surface area contributed by atoms with Crippen molar-refractivity contribution in [2.75, 3.05) is 26.2 Å². The van der Waals surface area contributed by atoms with Crippen molar-refractivity contribution in [1.82, 2.24) is 20.0 Å². The smallest absolute Gasteiger partial charge is 0.318 e. The molecule has 2 atom stereocenters. The molecule has 3 saturated heterocycles. The molecule has 0 bridgehead atoms. The van der Waals surface area contributed by atoms with Crippen LogP contribution < -0.4 is 5.32 Å². The van der Waals surface area contributed by atoms with Gasteiger partial charge in [-0.15, -0.1) is 0 Å². The van der Waals surface area contributed by atoms with Crippen molar-refractivity contribution in [2.45, 2.75) is 75.5 Å². The van der Waals surface area contributed by atoms with E-state index in [9.17, 15) is 9.59 Å². The zero-order chi connectivity index (χ0) is 19.8. The SMILES string of the molecule is O=C(c1ccsc1)N1CCC(N2CCC(N3C(=O)N[C@@H]4CCCC[C@@H]43)CC2)CC1. The predicted molar refractivity (Wildman–Crippen MR) is 114 cm³/mol. The topological polar surface area (TPSA) is 55.9 Å². The zero-order valence-corrected chi connectivity index (χ0v) is 17.9. The Kier molecular flexibility index (Phi) is 5.52. The lowest BCUT2D eigenvalue weighted by Gasteiger charge is -2.44. The highest BCUT2D eigenvalue weighted by Crippen LogP contribution is 2.33. The Morgan fingerprint density at radius 3 is 2.41 bits per heavy atom. The van der Waals surface area contributed by atoms with E-state index in [2.05, 4.69) is 15.1 Å². The highest BCUT2D eigenvalue weighted by Gasteiger charge is 2.44. The Bertz CT molecular complexity index is 723. The Morgan fingerprint density at radius 2 is 1.69 bits per heavy atom. The monoisotopic (exact) mass is 416 g/mol. The van der Waals surface area contributed by atoms with Crippen molar-refractivity contribution in [3.63, 3.8) is 0 Å². The lowest BCUT2D eigenvalue weighted by molar-refractivity contribution is 0.0472. The van der Waals surface area contributed by atoms with Crippen molar-refractivity contribution < 1.29 is 9.59 Å². The maximum Gasteiger partial charge on any atom is 0.318 e. The molecule has 3 aliphatic heterocycles. The van der Waals surface area contributed by atoms with Crippen LogP contribution in [0.5, 0.6) is 0 Å². The summed E-state index contributed by atoms with van der Waals surface area (Å²) in [6, 6.07) is 3.91. The van der Waals surface area contributed by atoms with Crippen LogP contribution >= 0.6 is 11.3 Å². The van der Waals surface area contributed by atoms with Gasteiger partial charge in [-0.05, 0) is 50.0 Å². The number of fused-ring (bicyclic) bond motifs is 1. The van der Waals surface area contributed by atoms with E-state index in [1.54, 1.807) is 11.3 Å². The molecule has 0 radical (unpaired) electrons. The number of hydrogen-bond donors (Lipinski definition) is 1. The molecule has 5 rings (SSSR count). The number of rotatable bonds is 3. The molecule has 1 saturated carbocycles. The first-order valence-electron chi connectivity index (χ1n) is 11.3. The number of hydrogen-bond acceptors (Lipinski definition) is 4. The van der Waals surface area contributed by atoms with Crippen LogP contribution in [-0.2, 0) is 0 Å². The average Bonchev–Trinajstić information content (AvgIpc) is 3.41. The molecule has 29 heavy (non-hydrogen) atoms. The van der Waals surface area contributed by atoms with E-state index in [0.717, 1.165) is 63.8 Å². The van der Waals surface area contributed by atoms with Crippen LogP contribution in [0.15, 0.2) is 16.8 Å². The molecule has 1 aromatic rings. The number of thiophene rings is 1. The Balaban J connectivity index is 1.12. The van der Waals surface area contributed by atoms with Crippen molar-refractivity contribution in [3.05, 3.63) is 22.4 Å². The second kappa shape index (κ2) is 8.26. The molecular formula is C22H32N4O2S.